The minimum Gasteiger partial charge on any atom is -0.493 e. The van der Waals surface area contributed by atoms with Crippen molar-refractivity contribution in [1.82, 2.24) is 4.90 Å². The molecule has 32 heavy (non-hydrogen) atoms. The lowest BCUT2D eigenvalue weighted by atomic mass is 9.64. The van der Waals surface area contributed by atoms with Crippen LogP contribution in [-0.4, -0.2) is 49.9 Å². The van der Waals surface area contributed by atoms with Crippen molar-refractivity contribution in [3.05, 3.63) is 53.6 Å². The van der Waals surface area contributed by atoms with E-state index in [1.807, 2.05) is 6.07 Å². The molecule has 1 aliphatic heterocycles. The number of rotatable bonds is 5. The molecule has 4 rings (SSSR count). The number of halogens is 2. The molecule has 2 fully saturated rings. The van der Waals surface area contributed by atoms with Crippen molar-refractivity contribution in [1.29, 1.82) is 0 Å². The molecule has 1 aliphatic carbocycles. The van der Waals surface area contributed by atoms with Gasteiger partial charge >= 0.3 is 0 Å². The van der Waals surface area contributed by atoms with Crippen LogP contribution in [0.25, 0.3) is 0 Å². The lowest BCUT2D eigenvalue weighted by Gasteiger charge is -2.47. The van der Waals surface area contributed by atoms with Gasteiger partial charge in [-0.1, -0.05) is 6.07 Å². The van der Waals surface area contributed by atoms with Crippen LogP contribution in [0.1, 0.15) is 31.2 Å². The standard InChI is InChI=1S/C24H29F2N3O2S/c1-28-11-10-24(15-4-7-20(30-2)21(12-15)31-3)9-8-17(14-22(24)28)29(23(27)32)19-13-16(25)5-6-18(19)26/h4-7,12-13,17,22H,8-11,14H2,1-3H3,(H2,27,32)/t17-,22+,24+/m1/s1. The molecular formula is C24H29F2N3O2S. The Morgan fingerprint density at radius 1 is 1.12 bits per heavy atom. The first-order valence-electron chi connectivity index (χ1n) is 10.8. The summed E-state index contributed by atoms with van der Waals surface area (Å²) in [6.45, 7) is 0.952. The molecule has 2 N–H and O–H groups in total. The number of likely N-dealkylation sites (tertiary alicyclic amines) is 1. The highest BCUT2D eigenvalue weighted by Gasteiger charge is 2.51. The van der Waals surface area contributed by atoms with Crippen LogP contribution in [0, 0.1) is 11.6 Å². The Labute approximate surface area is 193 Å². The summed E-state index contributed by atoms with van der Waals surface area (Å²) >= 11 is 5.28. The second-order valence-electron chi connectivity index (χ2n) is 8.70. The highest BCUT2D eigenvalue weighted by atomic mass is 32.1. The number of fused-ring (bicyclic) bond motifs is 1. The van der Waals surface area contributed by atoms with Gasteiger partial charge in [-0.05, 0) is 81.3 Å². The van der Waals surface area contributed by atoms with Crippen LogP contribution < -0.4 is 20.1 Å². The van der Waals surface area contributed by atoms with Gasteiger partial charge in [-0.15, -0.1) is 0 Å². The summed E-state index contributed by atoms with van der Waals surface area (Å²) in [5.74, 6) is 0.360. The first-order chi connectivity index (χ1) is 15.3. The number of nitrogens with zero attached hydrogens (tertiary/aromatic N) is 2. The van der Waals surface area contributed by atoms with Gasteiger partial charge in [0, 0.05) is 23.6 Å². The fraction of sp³-hybridized carbons (Fsp3) is 0.458. The Morgan fingerprint density at radius 3 is 2.56 bits per heavy atom. The zero-order valence-electron chi connectivity index (χ0n) is 18.6. The van der Waals surface area contributed by atoms with E-state index in [1.54, 1.807) is 19.1 Å². The molecule has 1 heterocycles. The van der Waals surface area contributed by atoms with E-state index in [1.165, 1.54) is 11.6 Å². The molecular weight excluding hydrogens is 432 g/mol. The van der Waals surface area contributed by atoms with Crippen molar-refractivity contribution in [2.45, 2.75) is 43.2 Å². The zero-order valence-corrected chi connectivity index (χ0v) is 19.4. The molecule has 1 saturated carbocycles. The fourth-order valence-electron chi connectivity index (χ4n) is 5.64. The van der Waals surface area contributed by atoms with E-state index in [0.29, 0.717) is 11.5 Å². The maximum atomic E-state index is 14.6. The molecule has 0 aromatic heterocycles. The normalized spacial score (nSPS) is 25.3. The van der Waals surface area contributed by atoms with Gasteiger partial charge in [0.2, 0.25) is 0 Å². The van der Waals surface area contributed by atoms with Gasteiger partial charge in [0.25, 0.3) is 0 Å². The SMILES string of the molecule is COc1ccc([C@@]23CC[C@@H](N(C(N)=S)c4cc(F)ccc4F)C[C@@H]2N(C)CC3)cc1OC. The molecule has 0 amide bonds. The van der Waals surface area contributed by atoms with Gasteiger partial charge in [-0.25, -0.2) is 8.78 Å². The van der Waals surface area contributed by atoms with E-state index in [4.69, 9.17) is 27.4 Å². The van der Waals surface area contributed by atoms with Crippen LogP contribution in [0.5, 0.6) is 11.5 Å². The Bertz CT molecular complexity index is 1020. The number of anilines is 1. The first kappa shape index (κ1) is 22.7. The third-order valence-electron chi connectivity index (χ3n) is 7.23. The number of nitrogens with two attached hydrogens (primary N) is 1. The molecule has 8 heteroatoms. The highest BCUT2D eigenvalue weighted by molar-refractivity contribution is 7.80. The van der Waals surface area contributed by atoms with Crippen LogP contribution in [0.2, 0.25) is 0 Å². The van der Waals surface area contributed by atoms with E-state index < -0.39 is 11.6 Å². The predicted molar refractivity (Wildman–Crippen MR) is 126 cm³/mol. The number of benzene rings is 2. The van der Waals surface area contributed by atoms with Gasteiger partial charge in [0.15, 0.2) is 16.6 Å². The van der Waals surface area contributed by atoms with Gasteiger partial charge < -0.3 is 25.0 Å². The minimum absolute atomic E-state index is 0.0544. The van der Waals surface area contributed by atoms with Gasteiger partial charge in [0.05, 0.1) is 19.9 Å². The Kier molecular flexibility index (Phi) is 6.27. The van der Waals surface area contributed by atoms with E-state index in [0.717, 1.165) is 44.4 Å². The van der Waals surface area contributed by atoms with Crippen molar-refractivity contribution in [3.8, 4) is 11.5 Å². The molecule has 172 valence electrons. The van der Waals surface area contributed by atoms with Gasteiger partial charge in [-0.3, -0.25) is 0 Å². The molecule has 2 aromatic carbocycles. The van der Waals surface area contributed by atoms with Crippen molar-refractivity contribution in [2.24, 2.45) is 5.73 Å². The minimum atomic E-state index is -0.532. The van der Waals surface area contributed by atoms with Crippen LogP contribution in [-0.2, 0) is 5.41 Å². The fourth-order valence-corrected chi connectivity index (χ4v) is 5.89. The topological polar surface area (TPSA) is 51.0 Å². The molecule has 3 atom stereocenters. The van der Waals surface area contributed by atoms with Gasteiger partial charge in [-0.2, -0.15) is 0 Å². The number of methoxy groups -OCH3 is 2. The summed E-state index contributed by atoms with van der Waals surface area (Å²) in [6, 6.07) is 9.61. The predicted octanol–water partition coefficient (Wildman–Crippen LogP) is 4.23. The molecule has 0 bridgehead atoms. The Balaban J connectivity index is 1.69. The number of thiocarbonyl (C=S) groups is 1. The summed E-state index contributed by atoms with van der Waals surface area (Å²) in [5, 5.41) is 0.0544. The third kappa shape index (κ3) is 3.79. The number of likely N-dealkylation sites (N-methyl/N-ethyl adjacent to an activating group) is 1. The molecule has 0 unspecified atom stereocenters. The van der Waals surface area contributed by atoms with Crippen LogP contribution >= 0.6 is 12.2 Å². The molecule has 0 radical (unpaired) electrons. The molecule has 0 spiro atoms. The van der Waals surface area contributed by atoms with E-state index in [9.17, 15) is 8.78 Å². The quantitative estimate of drug-likeness (QED) is 0.673. The van der Waals surface area contributed by atoms with Crippen molar-refractivity contribution >= 4 is 23.0 Å². The second kappa shape index (κ2) is 8.83. The maximum absolute atomic E-state index is 14.6. The van der Waals surface area contributed by atoms with E-state index in [-0.39, 0.29) is 28.3 Å². The third-order valence-corrected chi connectivity index (χ3v) is 7.43. The van der Waals surface area contributed by atoms with Crippen molar-refractivity contribution in [3.63, 3.8) is 0 Å². The zero-order chi connectivity index (χ0) is 23.0. The maximum Gasteiger partial charge on any atom is 0.171 e. The monoisotopic (exact) mass is 461 g/mol. The van der Waals surface area contributed by atoms with E-state index in [2.05, 4.69) is 24.1 Å². The van der Waals surface area contributed by atoms with E-state index >= 15 is 0 Å². The largest absolute Gasteiger partial charge is 0.493 e. The Morgan fingerprint density at radius 2 is 1.88 bits per heavy atom. The summed E-state index contributed by atoms with van der Waals surface area (Å²) in [4.78, 5) is 3.95. The molecule has 5 nitrogen and oxygen atoms in total. The highest BCUT2D eigenvalue weighted by Crippen LogP contribution is 2.51. The second-order valence-corrected chi connectivity index (χ2v) is 9.12. The number of hydrogen-bond acceptors (Lipinski definition) is 4. The summed E-state index contributed by atoms with van der Waals surface area (Å²) in [5.41, 5.74) is 7.27. The molecule has 2 aliphatic rings. The summed E-state index contributed by atoms with van der Waals surface area (Å²) < 4.78 is 39.5. The van der Waals surface area contributed by atoms with Crippen molar-refractivity contribution < 1.29 is 18.3 Å². The average molecular weight is 462 g/mol. The molecule has 2 aromatic rings. The van der Waals surface area contributed by atoms with Crippen LogP contribution in [0.3, 0.4) is 0 Å². The average Bonchev–Trinajstić information content (AvgIpc) is 3.13. The van der Waals surface area contributed by atoms with Crippen molar-refractivity contribution in [2.75, 3.05) is 32.7 Å². The lowest BCUT2D eigenvalue weighted by molar-refractivity contribution is 0.167. The van der Waals surface area contributed by atoms with Crippen LogP contribution in [0.4, 0.5) is 14.5 Å². The number of ether oxygens (including phenoxy) is 2. The number of hydrogen-bond donors (Lipinski definition) is 1. The molecule has 1 saturated heterocycles. The summed E-state index contributed by atoms with van der Waals surface area (Å²) in [7, 11) is 5.38. The first-order valence-corrected chi connectivity index (χ1v) is 11.2. The smallest absolute Gasteiger partial charge is 0.171 e. The van der Waals surface area contributed by atoms with Gasteiger partial charge in [0.1, 0.15) is 11.6 Å². The summed E-state index contributed by atoms with van der Waals surface area (Å²) in [6.07, 6.45) is 3.38. The van der Waals surface area contributed by atoms with Crippen LogP contribution in [0.15, 0.2) is 36.4 Å². The Hall–Kier alpha value is -2.45. The lowest BCUT2D eigenvalue weighted by Crippen LogP contribution is -2.54.